The van der Waals surface area contributed by atoms with Crippen molar-refractivity contribution in [3.8, 4) is 0 Å². The minimum atomic E-state index is -1.58. The van der Waals surface area contributed by atoms with Crippen molar-refractivity contribution in [3.63, 3.8) is 0 Å². The van der Waals surface area contributed by atoms with E-state index in [-0.39, 0.29) is 0 Å². The largest absolute Gasteiger partial charge is 0.276 e. The molecule has 0 atom stereocenters. The lowest BCUT2D eigenvalue weighted by Crippen LogP contribution is -2.02. The van der Waals surface area contributed by atoms with Crippen molar-refractivity contribution in [1.29, 1.82) is 4.78 Å². The Morgan fingerprint density at radius 2 is 1.67 bits per heavy atom. The van der Waals surface area contributed by atoms with Crippen molar-refractivity contribution in [2.24, 2.45) is 0 Å². The maximum Gasteiger partial charge on any atom is 0.0256 e. The van der Waals surface area contributed by atoms with Crippen LogP contribution in [0.5, 0.6) is 0 Å². The molecule has 0 aromatic heterocycles. The lowest BCUT2D eigenvalue weighted by Gasteiger charge is -2.01. The molecule has 0 fully saturated rings. The van der Waals surface area contributed by atoms with Crippen LogP contribution < -0.4 is 0 Å². The van der Waals surface area contributed by atoms with Crippen LogP contribution in [0.3, 0.4) is 0 Å². The highest BCUT2D eigenvalue weighted by atomic mass is 32.8. The van der Waals surface area contributed by atoms with Crippen LogP contribution in [-0.2, 0) is 19.6 Å². The molecule has 0 aliphatic carbocycles. The van der Waals surface area contributed by atoms with Gasteiger partial charge in [0, 0.05) is 11.5 Å². The second-order valence-electron chi connectivity index (χ2n) is 1.72. The third kappa shape index (κ3) is 4.36. The van der Waals surface area contributed by atoms with Gasteiger partial charge in [0.25, 0.3) is 0 Å². The third-order valence-electron chi connectivity index (χ3n) is 0.774. The van der Waals surface area contributed by atoms with Gasteiger partial charge in [0.1, 0.15) is 0 Å². The van der Waals surface area contributed by atoms with Gasteiger partial charge < -0.3 is 0 Å². The highest BCUT2D eigenvalue weighted by Crippen LogP contribution is 1.92. The summed E-state index contributed by atoms with van der Waals surface area (Å²) in [6, 6.07) is 0. The molecule has 1 N–H and O–H groups in total. The summed E-state index contributed by atoms with van der Waals surface area (Å²) in [5.74, 6) is 1.27. The zero-order valence-corrected chi connectivity index (χ0v) is 6.93. The Balaban J connectivity index is 4.03. The molecule has 0 saturated heterocycles. The van der Waals surface area contributed by atoms with Gasteiger partial charge in [-0.2, -0.15) is 0 Å². The van der Waals surface area contributed by atoms with Crippen LogP contribution in [0.25, 0.3) is 0 Å². The first-order valence-electron chi connectivity index (χ1n) is 2.58. The van der Waals surface area contributed by atoms with E-state index in [0.717, 1.165) is 0 Å². The second-order valence-corrected chi connectivity index (χ2v) is 5.93. The molecule has 0 amide bonds. The van der Waals surface area contributed by atoms with E-state index in [1.807, 2.05) is 0 Å². The summed E-state index contributed by atoms with van der Waals surface area (Å²) in [7, 11) is -1.58. The molecule has 0 aromatic rings. The normalized spacial score (nSPS) is 10.7. The zero-order chi connectivity index (χ0) is 7.33. The molecular formula is C6H11NS2. The topological polar surface area (TPSA) is 23.9 Å². The molecule has 0 bridgehead atoms. The number of nitrogens with one attached hydrogen (secondary N) is 1. The summed E-state index contributed by atoms with van der Waals surface area (Å²) in [6.07, 6.45) is 3.41. The van der Waals surface area contributed by atoms with Gasteiger partial charge in [-0.3, -0.25) is 4.78 Å². The average Bonchev–Trinajstić information content (AvgIpc) is 1.64. The molecule has 1 nitrogen and oxygen atoms in total. The highest BCUT2D eigenvalue weighted by Gasteiger charge is 1.92. The average molecular weight is 161 g/mol. The van der Waals surface area contributed by atoms with Crippen molar-refractivity contribution in [2.75, 3.05) is 11.5 Å². The Labute approximate surface area is 61.6 Å². The quantitative estimate of drug-likeness (QED) is 0.624. The predicted molar refractivity (Wildman–Crippen MR) is 47.6 cm³/mol. The summed E-state index contributed by atoms with van der Waals surface area (Å²) in [5.41, 5.74) is 0. The molecule has 0 aliphatic rings. The first-order chi connectivity index (χ1) is 4.12. The van der Waals surface area contributed by atoms with E-state index < -0.39 is 8.38 Å². The molecule has 9 heavy (non-hydrogen) atoms. The molecule has 0 aliphatic heterocycles. The van der Waals surface area contributed by atoms with Gasteiger partial charge in [0.15, 0.2) is 0 Å². The first kappa shape index (κ1) is 8.85. The first-order valence-corrected chi connectivity index (χ1v) is 5.48. The predicted octanol–water partition coefficient (Wildman–Crippen LogP) is 1.74. The number of hydrogen-bond donors (Lipinski definition) is 1. The molecule has 3 heteroatoms. The fourth-order valence-corrected chi connectivity index (χ4v) is 1.92. The van der Waals surface area contributed by atoms with Crippen molar-refractivity contribution >= 4 is 19.6 Å². The molecule has 0 spiro atoms. The van der Waals surface area contributed by atoms with Crippen molar-refractivity contribution < 1.29 is 0 Å². The fraction of sp³-hybridized carbons (Fsp3) is 0.333. The molecule has 0 rings (SSSR count). The SMILES string of the molecule is C=CCS(=N)(=S)CC=C. The van der Waals surface area contributed by atoms with E-state index in [1.54, 1.807) is 12.2 Å². The van der Waals surface area contributed by atoms with Gasteiger partial charge in [0.2, 0.25) is 0 Å². The lowest BCUT2D eigenvalue weighted by molar-refractivity contribution is 1.55. The zero-order valence-electron chi connectivity index (χ0n) is 5.30. The van der Waals surface area contributed by atoms with E-state index in [2.05, 4.69) is 13.2 Å². The van der Waals surface area contributed by atoms with Gasteiger partial charge >= 0.3 is 0 Å². The Hall–Kier alpha value is -0.150. The summed E-state index contributed by atoms with van der Waals surface area (Å²) < 4.78 is 7.48. The summed E-state index contributed by atoms with van der Waals surface area (Å²) in [4.78, 5) is 0. The van der Waals surface area contributed by atoms with Crippen LogP contribution in [0.2, 0.25) is 0 Å². The Kier molecular flexibility index (Phi) is 3.73. The Morgan fingerprint density at radius 1 is 1.33 bits per heavy atom. The van der Waals surface area contributed by atoms with Gasteiger partial charge in [-0.1, -0.05) is 20.5 Å². The Bertz CT molecular complexity index is 173. The molecule has 0 radical (unpaired) electrons. The van der Waals surface area contributed by atoms with Crippen LogP contribution in [0, 0.1) is 4.78 Å². The van der Waals surface area contributed by atoms with Crippen LogP contribution >= 0.6 is 0 Å². The van der Waals surface area contributed by atoms with Crippen molar-refractivity contribution in [3.05, 3.63) is 25.3 Å². The van der Waals surface area contributed by atoms with Crippen molar-refractivity contribution in [2.45, 2.75) is 0 Å². The minimum absolute atomic E-state index is 0.633. The Morgan fingerprint density at radius 3 is 1.89 bits per heavy atom. The second kappa shape index (κ2) is 3.80. The molecule has 0 aromatic carbocycles. The van der Waals surface area contributed by atoms with Gasteiger partial charge in [-0.05, 0) is 11.2 Å². The van der Waals surface area contributed by atoms with E-state index in [9.17, 15) is 0 Å². The summed E-state index contributed by atoms with van der Waals surface area (Å²) >= 11 is 4.95. The van der Waals surface area contributed by atoms with Gasteiger partial charge in [-0.15, -0.1) is 13.2 Å². The smallest absolute Gasteiger partial charge is 0.0256 e. The van der Waals surface area contributed by atoms with E-state index in [0.29, 0.717) is 11.5 Å². The number of rotatable bonds is 4. The lowest BCUT2D eigenvalue weighted by atomic mass is 10.8. The van der Waals surface area contributed by atoms with Gasteiger partial charge in [-0.25, -0.2) is 0 Å². The summed E-state index contributed by atoms with van der Waals surface area (Å²) in [6.45, 7) is 7.06. The molecule has 0 heterocycles. The fourth-order valence-electron chi connectivity index (χ4n) is 0.449. The van der Waals surface area contributed by atoms with E-state index in [1.165, 1.54) is 0 Å². The maximum atomic E-state index is 7.48. The standard InChI is InChI=1S/C6H11NS2/c1-3-5-9(7,8)6-4-2/h3-4,7H,1-2,5-6H2. The molecular weight excluding hydrogens is 150 g/mol. The van der Waals surface area contributed by atoms with Crippen molar-refractivity contribution in [1.82, 2.24) is 0 Å². The molecule has 52 valence electrons. The van der Waals surface area contributed by atoms with Crippen LogP contribution in [0.15, 0.2) is 25.3 Å². The minimum Gasteiger partial charge on any atom is -0.276 e. The van der Waals surface area contributed by atoms with Crippen LogP contribution in [0.4, 0.5) is 0 Å². The highest BCUT2D eigenvalue weighted by molar-refractivity contribution is 8.33. The monoisotopic (exact) mass is 161 g/mol. The summed E-state index contributed by atoms with van der Waals surface area (Å²) in [5, 5.41) is 0. The molecule has 0 saturated carbocycles. The van der Waals surface area contributed by atoms with Crippen LogP contribution in [0.1, 0.15) is 0 Å². The van der Waals surface area contributed by atoms with E-state index >= 15 is 0 Å². The van der Waals surface area contributed by atoms with E-state index in [4.69, 9.17) is 16.0 Å². The third-order valence-corrected chi connectivity index (χ3v) is 3.14. The molecule has 0 unspecified atom stereocenters. The number of hydrogen-bond acceptors (Lipinski definition) is 2. The maximum absolute atomic E-state index is 7.48. The van der Waals surface area contributed by atoms with Gasteiger partial charge in [0.05, 0.1) is 0 Å². The van der Waals surface area contributed by atoms with Crippen LogP contribution in [-0.4, -0.2) is 11.5 Å².